The van der Waals surface area contributed by atoms with Gasteiger partial charge in [0, 0.05) is 22.5 Å². The number of aromatic nitrogens is 2. The number of hydrogen-bond acceptors (Lipinski definition) is 1. The van der Waals surface area contributed by atoms with Crippen LogP contribution in [-0.2, 0) is 0 Å². The molecule has 1 aromatic carbocycles. The van der Waals surface area contributed by atoms with E-state index in [4.69, 9.17) is 11.6 Å². The van der Waals surface area contributed by atoms with E-state index in [-0.39, 0.29) is 0 Å². The fraction of sp³-hybridized carbons (Fsp3) is 0.100. The molecular weight excluding hydrogens is 184 g/mol. The van der Waals surface area contributed by atoms with Crippen molar-refractivity contribution in [1.29, 1.82) is 0 Å². The van der Waals surface area contributed by atoms with Crippen LogP contribution in [0, 0.1) is 6.92 Å². The van der Waals surface area contributed by atoms with E-state index in [1.54, 1.807) is 6.20 Å². The van der Waals surface area contributed by atoms with Crippen LogP contribution in [0.15, 0.2) is 30.5 Å². The number of nitrogens with one attached hydrogen (secondary N) is 1. The van der Waals surface area contributed by atoms with E-state index in [9.17, 15) is 0 Å². The second-order valence-electron chi connectivity index (χ2n) is 2.93. The summed E-state index contributed by atoms with van der Waals surface area (Å²) in [7, 11) is 0. The normalized spacial score (nSPS) is 10.3. The van der Waals surface area contributed by atoms with Crippen molar-refractivity contribution in [1.82, 2.24) is 9.97 Å². The van der Waals surface area contributed by atoms with Gasteiger partial charge >= 0.3 is 0 Å². The van der Waals surface area contributed by atoms with Crippen LogP contribution in [0.5, 0.6) is 0 Å². The lowest BCUT2D eigenvalue weighted by Crippen LogP contribution is -1.79. The molecule has 2 nitrogen and oxygen atoms in total. The predicted octanol–water partition coefficient (Wildman–Crippen LogP) is 3.04. The van der Waals surface area contributed by atoms with Gasteiger partial charge in [-0.15, -0.1) is 0 Å². The summed E-state index contributed by atoms with van der Waals surface area (Å²) >= 11 is 5.86. The molecule has 0 radical (unpaired) electrons. The molecule has 1 heterocycles. The van der Waals surface area contributed by atoms with E-state index in [0.717, 1.165) is 22.1 Å². The van der Waals surface area contributed by atoms with Crippen LogP contribution in [0.25, 0.3) is 11.4 Å². The van der Waals surface area contributed by atoms with Gasteiger partial charge in [-0.05, 0) is 19.1 Å². The van der Waals surface area contributed by atoms with E-state index >= 15 is 0 Å². The third-order valence-electron chi connectivity index (χ3n) is 1.80. The number of imidazole rings is 1. The zero-order valence-electron chi connectivity index (χ0n) is 7.21. The quantitative estimate of drug-likeness (QED) is 0.739. The molecule has 2 rings (SSSR count). The highest BCUT2D eigenvalue weighted by molar-refractivity contribution is 6.30. The zero-order valence-corrected chi connectivity index (χ0v) is 7.97. The van der Waals surface area contributed by atoms with Gasteiger partial charge in [-0.3, -0.25) is 0 Å². The lowest BCUT2D eigenvalue weighted by Gasteiger charge is -1.96. The van der Waals surface area contributed by atoms with Crippen LogP contribution >= 0.6 is 11.6 Å². The van der Waals surface area contributed by atoms with E-state index < -0.39 is 0 Å². The topological polar surface area (TPSA) is 28.7 Å². The fourth-order valence-electron chi connectivity index (χ4n) is 1.20. The first-order valence-corrected chi connectivity index (χ1v) is 4.41. The Kier molecular flexibility index (Phi) is 2.07. The highest BCUT2D eigenvalue weighted by atomic mass is 35.5. The second-order valence-corrected chi connectivity index (χ2v) is 3.36. The second kappa shape index (κ2) is 3.23. The Bertz CT molecular complexity index is 420. The lowest BCUT2D eigenvalue weighted by atomic mass is 10.2. The molecule has 1 aromatic heterocycles. The van der Waals surface area contributed by atoms with E-state index in [1.165, 1.54) is 0 Å². The molecule has 0 bridgehead atoms. The standard InChI is InChI=1S/C10H9ClN2/c1-7-6-12-10(13-7)8-3-2-4-9(11)5-8/h2-6H,1H3,(H,12,13). The van der Waals surface area contributed by atoms with Gasteiger partial charge in [0.2, 0.25) is 0 Å². The van der Waals surface area contributed by atoms with Crippen LogP contribution in [0.4, 0.5) is 0 Å². The maximum atomic E-state index is 5.86. The number of hydrogen-bond donors (Lipinski definition) is 1. The molecule has 13 heavy (non-hydrogen) atoms. The Balaban J connectivity index is 2.46. The molecule has 0 aliphatic carbocycles. The molecule has 0 aliphatic heterocycles. The maximum absolute atomic E-state index is 5.86. The number of aryl methyl sites for hydroxylation is 1. The van der Waals surface area contributed by atoms with Crippen LogP contribution in [-0.4, -0.2) is 9.97 Å². The molecule has 0 unspecified atom stereocenters. The van der Waals surface area contributed by atoms with Gasteiger partial charge in [0.15, 0.2) is 0 Å². The smallest absolute Gasteiger partial charge is 0.137 e. The first-order chi connectivity index (χ1) is 6.25. The monoisotopic (exact) mass is 192 g/mol. The van der Waals surface area contributed by atoms with Crippen molar-refractivity contribution in [3.8, 4) is 11.4 Å². The van der Waals surface area contributed by atoms with Gasteiger partial charge in [0.05, 0.1) is 0 Å². The third-order valence-corrected chi connectivity index (χ3v) is 2.04. The Morgan fingerprint density at radius 1 is 1.38 bits per heavy atom. The van der Waals surface area contributed by atoms with Crippen molar-refractivity contribution in [3.63, 3.8) is 0 Å². The Labute approximate surface area is 81.6 Å². The summed E-state index contributed by atoms with van der Waals surface area (Å²) in [6, 6.07) is 7.63. The summed E-state index contributed by atoms with van der Waals surface area (Å²) in [5.41, 5.74) is 2.07. The first-order valence-electron chi connectivity index (χ1n) is 4.03. The summed E-state index contributed by atoms with van der Waals surface area (Å²) in [6.45, 7) is 1.97. The molecule has 0 spiro atoms. The number of aromatic amines is 1. The fourth-order valence-corrected chi connectivity index (χ4v) is 1.39. The first kappa shape index (κ1) is 8.32. The molecule has 0 amide bonds. The minimum atomic E-state index is 0.728. The molecule has 2 aromatic rings. The molecule has 66 valence electrons. The number of halogens is 1. The summed E-state index contributed by atoms with van der Waals surface area (Å²) < 4.78 is 0. The average molecular weight is 193 g/mol. The molecule has 0 fully saturated rings. The van der Waals surface area contributed by atoms with Crippen molar-refractivity contribution in [2.75, 3.05) is 0 Å². The highest BCUT2D eigenvalue weighted by Crippen LogP contribution is 2.19. The summed E-state index contributed by atoms with van der Waals surface area (Å²) in [5, 5.41) is 0.728. The predicted molar refractivity (Wildman–Crippen MR) is 53.8 cm³/mol. The Morgan fingerprint density at radius 3 is 2.85 bits per heavy atom. The van der Waals surface area contributed by atoms with Gasteiger partial charge in [0.1, 0.15) is 5.82 Å². The van der Waals surface area contributed by atoms with Gasteiger partial charge in [-0.25, -0.2) is 4.98 Å². The minimum absolute atomic E-state index is 0.728. The van der Waals surface area contributed by atoms with Gasteiger partial charge < -0.3 is 4.98 Å². The van der Waals surface area contributed by atoms with Crippen molar-refractivity contribution >= 4 is 11.6 Å². The number of rotatable bonds is 1. The van der Waals surface area contributed by atoms with Gasteiger partial charge in [0.25, 0.3) is 0 Å². The van der Waals surface area contributed by atoms with E-state index in [2.05, 4.69) is 9.97 Å². The number of benzene rings is 1. The average Bonchev–Trinajstić information content (AvgIpc) is 2.52. The Morgan fingerprint density at radius 2 is 2.23 bits per heavy atom. The van der Waals surface area contributed by atoms with Gasteiger partial charge in [-0.2, -0.15) is 0 Å². The molecule has 0 saturated carbocycles. The summed E-state index contributed by atoms with van der Waals surface area (Å²) in [4.78, 5) is 7.36. The summed E-state index contributed by atoms with van der Waals surface area (Å²) in [5.74, 6) is 0.861. The molecule has 0 atom stereocenters. The summed E-state index contributed by atoms with van der Waals surface area (Å²) in [6.07, 6.45) is 1.80. The van der Waals surface area contributed by atoms with Crippen LogP contribution in [0.2, 0.25) is 5.02 Å². The highest BCUT2D eigenvalue weighted by Gasteiger charge is 2.00. The largest absolute Gasteiger partial charge is 0.342 e. The molecule has 0 saturated heterocycles. The number of H-pyrrole nitrogens is 1. The van der Waals surface area contributed by atoms with E-state index in [0.29, 0.717) is 0 Å². The molecule has 3 heteroatoms. The SMILES string of the molecule is Cc1cnc(-c2cccc(Cl)c2)[nH]1. The van der Waals surface area contributed by atoms with Crippen molar-refractivity contribution < 1.29 is 0 Å². The Hall–Kier alpha value is -1.28. The van der Waals surface area contributed by atoms with Crippen molar-refractivity contribution in [2.45, 2.75) is 6.92 Å². The zero-order chi connectivity index (χ0) is 9.26. The molecule has 0 aliphatic rings. The van der Waals surface area contributed by atoms with Crippen LogP contribution in [0.1, 0.15) is 5.69 Å². The minimum Gasteiger partial charge on any atom is -0.342 e. The van der Waals surface area contributed by atoms with E-state index in [1.807, 2.05) is 31.2 Å². The molecule has 1 N–H and O–H groups in total. The third kappa shape index (κ3) is 1.73. The van der Waals surface area contributed by atoms with Crippen LogP contribution < -0.4 is 0 Å². The van der Waals surface area contributed by atoms with Crippen molar-refractivity contribution in [2.24, 2.45) is 0 Å². The van der Waals surface area contributed by atoms with Crippen LogP contribution in [0.3, 0.4) is 0 Å². The molecular formula is C10H9ClN2. The maximum Gasteiger partial charge on any atom is 0.137 e. The van der Waals surface area contributed by atoms with Gasteiger partial charge in [-0.1, -0.05) is 23.7 Å². The van der Waals surface area contributed by atoms with Crippen molar-refractivity contribution in [3.05, 3.63) is 41.2 Å². The number of nitrogens with zero attached hydrogens (tertiary/aromatic N) is 1. The lowest BCUT2D eigenvalue weighted by molar-refractivity contribution is 1.26.